The lowest BCUT2D eigenvalue weighted by molar-refractivity contribution is -0.117. The molecule has 0 aliphatic rings. The number of hydrogen-bond donors (Lipinski definition) is 0. The molecule has 0 aromatic heterocycles. The largest absolute Gasteiger partial charge is 0.299 e. The lowest BCUT2D eigenvalue weighted by Gasteiger charge is -2.10. The van der Waals surface area contributed by atoms with Crippen LogP contribution in [0, 0.1) is 6.92 Å². The predicted octanol–water partition coefficient (Wildman–Crippen LogP) is 3.06. The van der Waals surface area contributed by atoms with Crippen LogP contribution < -0.4 is 0 Å². The van der Waals surface area contributed by atoms with E-state index in [1.54, 1.807) is 6.92 Å². The van der Waals surface area contributed by atoms with Gasteiger partial charge in [-0.1, -0.05) is 45.8 Å². The molecule has 13 heavy (non-hydrogen) atoms. The van der Waals surface area contributed by atoms with Crippen LogP contribution in [0.3, 0.4) is 0 Å². The second-order valence-electron chi connectivity index (χ2n) is 3.23. The number of hydrogen-bond acceptors (Lipinski definition) is 1. The van der Waals surface area contributed by atoms with Crippen LogP contribution in [0.1, 0.15) is 24.0 Å². The SMILES string of the molecule is CC(=O)C(CBr)c1ccc(C)cc1. The third-order valence-electron chi connectivity index (χ3n) is 2.12. The molecule has 0 saturated heterocycles. The van der Waals surface area contributed by atoms with Gasteiger partial charge in [0.25, 0.3) is 0 Å². The fourth-order valence-electron chi connectivity index (χ4n) is 1.23. The number of carbonyl (C=O) groups excluding carboxylic acids is 1. The van der Waals surface area contributed by atoms with Crippen molar-refractivity contribution < 1.29 is 4.79 Å². The van der Waals surface area contributed by atoms with Crippen LogP contribution in [0.25, 0.3) is 0 Å². The highest BCUT2D eigenvalue weighted by molar-refractivity contribution is 9.09. The molecule has 0 spiro atoms. The van der Waals surface area contributed by atoms with Gasteiger partial charge in [0.1, 0.15) is 5.78 Å². The number of Topliss-reactive ketones (excluding diaryl/α,β-unsaturated/α-hetero) is 1. The molecule has 0 amide bonds. The number of carbonyl (C=O) groups is 1. The van der Waals surface area contributed by atoms with E-state index in [-0.39, 0.29) is 11.7 Å². The molecule has 0 saturated carbocycles. The van der Waals surface area contributed by atoms with Gasteiger partial charge in [0, 0.05) is 5.33 Å². The standard InChI is InChI=1S/C11H13BrO/c1-8-3-5-10(6-4-8)11(7-12)9(2)13/h3-6,11H,7H2,1-2H3. The first-order valence-corrected chi connectivity index (χ1v) is 5.40. The predicted molar refractivity (Wildman–Crippen MR) is 58.4 cm³/mol. The average Bonchev–Trinajstić information content (AvgIpc) is 2.09. The minimum absolute atomic E-state index is 0.000556. The summed E-state index contributed by atoms with van der Waals surface area (Å²) < 4.78 is 0. The number of benzene rings is 1. The summed E-state index contributed by atoms with van der Waals surface area (Å²) in [5.41, 5.74) is 2.32. The normalized spacial score (nSPS) is 12.5. The van der Waals surface area contributed by atoms with Crippen molar-refractivity contribution in [1.82, 2.24) is 0 Å². The molecule has 0 radical (unpaired) electrons. The summed E-state index contributed by atoms with van der Waals surface area (Å²) in [4.78, 5) is 11.2. The van der Waals surface area contributed by atoms with Crippen molar-refractivity contribution in [2.45, 2.75) is 19.8 Å². The molecule has 0 aliphatic carbocycles. The molecule has 1 atom stereocenters. The highest BCUT2D eigenvalue weighted by Crippen LogP contribution is 2.19. The summed E-state index contributed by atoms with van der Waals surface area (Å²) in [5.74, 6) is 0.210. The van der Waals surface area contributed by atoms with Crippen molar-refractivity contribution in [2.75, 3.05) is 5.33 Å². The van der Waals surface area contributed by atoms with E-state index in [2.05, 4.69) is 15.9 Å². The number of aryl methyl sites for hydroxylation is 1. The molecular weight excluding hydrogens is 228 g/mol. The second-order valence-corrected chi connectivity index (χ2v) is 3.88. The van der Waals surface area contributed by atoms with E-state index in [4.69, 9.17) is 0 Å². The summed E-state index contributed by atoms with van der Waals surface area (Å²) in [7, 11) is 0. The van der Waals surface area contributed by atoms with E-state index in [0.717, 1.165) is 5.56 Å². The first-order valence-electron chi connectivity index (χ1n) is 4.28. The summed E-state index contributed by atoms with van der Waals surface area (Å²) >= 11 is 3.35. The van der Waals surface area contributed by atoms with Crippen molar-refractivity contribution in [1.29, 1.82) is 0 Å². The van der Waals surface area contributed by atoms with E-state index >= 15 is 0 Å². The van der Waals surface area contributed by atoms with Gasteiger partial charge in [0.2, 0.25) is 0 Å². The van der Waals surface area contributed by atoms with E-state index in [1.807, 2.05) is 31.2 Å². The van der Waals surface area contributed by atoms with Gasteiger partial charge in [-0.2, -0.15) is 0 Å². The Morgan fingerprint density at radius 3 is 2.31 bits per heavy atom. The zero-order valence-corrected chi connectivity index (χ0v) is 9.47. The average molecular weight is 241 g/mol. The second kappa shape index (κ2) is 4.56. The number of halogens is 1. The number of alkyl halides is 1. The molecule has 1 aromatic rings. The van der Waals surface area contributed by atoms with Gasteiger partial charge in [-0.25, -0.2) is 0 Å². The summed E-state index contributed by atoms with van der Waals surface area (Å²) in [6, 6.07) is 8.10. The van der Waals surface area contributed by atoms with E-state index < -0.39 is 0 Å². The van der Waals surface area contributed by atoms with E-state index in [0.29, 0.717) is 5.33 Å². The Balaban J connectivity index is 2.92. The minimum atomic E-state index is 0.000556. The van der Waals surface area contributed by atoms with Crippen molar-refractivity contribution >= 4 is 21.7 Å². The summed E-state index contributed by atoms with van der Waals surface area (Å²) in [6.07, 6.45) is 0. The Hall–Kier alpha value is -0.630. The van der Waals surface area contributed by atoms with Gasteiger partial charge >= 0.3 is 0 Å². The van der Waals surface area contributed by atoms with Crippen molar-refractivity contribution in [3.05, 3.63) is 35.4 Å². The highest BCUT2D eigenvalue weighted by atomic mass is 79.9. The van der Waals surface area contributed by atoms with Gasteiger partial charge in [-0.05, 0) is 19.4 Å². The topological polar surface area (TPSA) is 17.1 Å². The molecule has 70 valence electrons. The summed E-state index contributed by atoms with van der Waals surface area (Å²) in [5, 5.41) is 0.700. The molecule has 1 aromatic carbocycles. The third-order valence-corrected chi connectivity index (χ3v) is 2.77. The molecular formula is C11H13BrO. The first kappa shape index (κ1) is 10.5. The lowest BCUT2D eigenvalue weighted by atomic mass is 9.97. The zero-order valence-electron chi connectivity index (χ0n) is 7.88. The lowest BCUT2D eigenvalue weighted by Crippen LogP contribution is -2.09. The van der Waals surface area contributed by atoms with Crippen LogP contribution in [0.4, 0.5) is 0 Å². The Kier molecular flexibility index (Phi) is 3.67. The molecule has 0 aliphatic heterocycles. The molecule has 0 fully saturated rings. The zero-order chi connectivity index (χ0) is 9.84. The van der Waals surface area contributed by atoms with Crippen molar-refractivity contribution in [3.63, 3.8) is 0 Å². The number of ketones is 1. The van der Waals surface area contributed by atoms with Crippen LogP contribution in [0.15, 0.2) is 24.3 Å². The Morgan fingerprint density at radius 2 is 1.92 bits per heavy atom. The van der Waals surface area contributed by atoms with Gasteiger partial charge < -0.3 is 0 Å². The van der Waals surface area contributed by atoms with Crippen LogP contribution in [-0.4, -0.2) is 11.1 Å². The van der Waals surface area contributed by atoms with Crippen LogP contribution >= 0.6 is 15.9 Å². The van der Waals surface area contributed by atoms with Crippen molar-refractivity contribution in [2.24, 2.45) is 0 Å². The van der Waals surface area contributed by atoms with Gasteiger partial charge in [-0.3, -0.25) is 4.79 Å². The molecule has 1 unspecified atom stereocenters. The van der Waals surface area contributed by atoms with Crippen LogP contribution in [0.5, 0.6) is 0 Å². The van der Waals surface area contributed by atoms with E-state index in [1.165, 1.54) is 5.56 Å². The summed E-state index contributed by atoms with van der Waals surface area (Å²) in [6.45, 7) is 3.67. The smallest absolute Gasteiger partial charge is 0.138 e. The Morgan fingerprint density at radius 1 is 1.38 bits per heavy atom. The molecule has 1 rings (SSSR count). The minimum Gasteiger partial charge on any atom is -0.299 e. The molecule has 0 N–H and O–H groups in total. The molecule has 0 bridgehead atoms. The third kappa shape index (κ3) is 2.66. The Labute approximate surface area is 87.3 Å². The maximum absolute atomic E-state index is 11.2. The van der Waals surface area contributed by atoms with E-state index in [9.17, 15) is 4.79 Å². The monoisotopic (exact) mass is 240 g/mol. The van der Waals surface area contributed by atoms with Crippen molar-refractivity contribution in [3.8, 4) is 0 Å². The maximum Gasteiger partial charge on any atom is 0.138 e. The van der Waals surface area contributed by atoms with Crippen LogP contribution in [-0.2, 0) is 4.79 Å². The maximum atomic E-state index is 11.2. The first-order chi connectivity index (χ1) is 6.15. The Bertz CT molecular complexity index is 289. The van der Waals surface area contributed by atoms with Gasteiger partial charge in [-0.15, -0.1) is 0 Å². The number of rotatable bonds is 3. The molecule has 0 heterocycles. The quantitative estimate of drug-likeness (QED) is 0.743. The van der Waals surface area contributed by atoms with Gasteiger partial charge in [0.05, 0.1) is 5.92 Å². The highest BCUT2D eigenvalue weighted by Gasteiger charge is 2.14. The van der Waals surface area contributed by atoms with Gasteiger partial charge in [0.15, 0.2) is 0 Å². The van der Waals surface area contributed by atoms with Crippen LogP contribution in [0.2, 0.25) is 0 Å². The fourth-order valence-corrected chi connectivity index (χ4v) is 2.06. The molecule has 2 heteroatoms. The molecule has 1 nitrogen and oxygen atoms in total. The fraction of sp³-hybridized carbons (Fsp3) is 0.364.